The Kier molecular flexibility index (Phi) is 565. The van der Waals surface area contributed by atoms with E-state index >= 15 is 0 Å². The molecule has 0 spiro atoms. The van der Waals surface area contributed by atoms with E-state index in [0.29, 0.717) is 0 Å². The van der Waals surface area contributed by atoms with Gasteiger partial charge in [0.15, 0.2) is 0 Å². The quantitative estimate of drug-likeness (QED) is 0.315. The van der Waals surface area contributed by atoms with Crippen LogP contribution < -0.4 is 0 Å². The van der Waals surface area contributed by atoms with Crippen molar-refractivity contribution >= 4 is 0 Å². The second kappa shape index (κ2) is 209. The smallest absolute Gasteiger partial charge is 0.0533 e. The Morgan fingerprint density at radius 2 is 0.381 bits per heavy atom. The first-order chi connectivity index (χ1) is 15.7. The zero-order valence-electron chi connectivity index (χ0n) is 25.9. The van der Waals surface area contributed by atoms with Crippen molar-refractivity contribution in [3.05, 3.63) is 36.4 Å². The molecule has 0 heterocycles. The van der Waals surface area contributed by atoms with Crippen molar-refractivity contribution in [3.8, 4) is 0 Å². The minimum atomic E-state index is 0. The van der Waals surface area contributed by atoms with E-state index in [0.717, 1.165) is 0 Å². The van der Waals surface area contributed by atoms with Gasteiger partial charge in [-0.15, -0.1) is 0 Å². The first kappa shape index (κ1) is 114. The van der Waals surface area contributed by atoms with Gasteiger partial charge in [-0.1, -0.05) is 285 Å². The summed E-state index contributed by atoms with van der Waals surface area (Å²) in [4.78, 5) is 0. The highest BCUT2D eigenvalue weighted by Gasteiger charge is 1.95. The molecule has 1 aromatic carbocycles. The third kappa shape index (κ3) is 283. The summed E-state index contributed by atoms with van der Waals surface area (Å²) in [7, 11) is 0. The average Bonchev–Trinajstić information content (AvgIpc) is 3.48. The summed E-state index contributed by atoms with van der Waals surface area (Å²) in [5.74, 6) is 0. The Morgan fingerprint density at radius 1 is 0.286 bits per heavy atom. The molecule has 0 nitrogen and oxygen atoms in total. The predicted molar refractivity (Wildman–Crippen MR) is 229 cm³/mol. The molecule has 0 saturated heterocycles. The van der Waals surface area contributed by atoms with Crippen molar-refractivity contribution in [3.63, 3.8) is 0 Å². The fourth-order valence-corrected chi connectivity index (χ4v) is 1.98. The minimum absolute atomic E-state index is 0. The van der Waals surface area contributed by atoms with Crippen LogP contribution in [-0.4, -0.2) is 0 Å². The molecule has 0 atom stereocenters. The number of hydrogen-bond donors (Lipinski definition) is 0. The zero-order chi connectivity index (χ0) is 26.7. The number of rotatable bonds is 4. The standard InChI is InChI=1S/C6H6.C5H10.2C5H12.C3H8.4C2H6.10CH4/c1-2-4-6-5-3-1;1-2-4-5-3-1;2*1-3-5-4-2;1-3-2;4*1-2;;;;;;;;;;/h1-6H;1-5H2;2*3-5H2,1-2H3;3H2,1-2H3;4*1-2H3;10*1H4. The summed E-state index contributed by atoms with van der Waals surface area (Å²) >= 11 is 0. The lowest BCUT2D eigenvalue weighted by Gasteiger charge is -1.79. The Bertz CT molecular complexity index is 191. The van der Waals surface area contributed by atoms with E-state index in [1.165, 1.54) is 77.0 Å². The zero-order valence-corrected chi connectivity index (χ0v) is 25.9. The van der Waals surface area contributed by atoms with Gasteiger partial charge in [0.1, 0.15) is 0 Å². The molecule has 0 aliphatic heterocycles. The summed E-state index contributed by atoms with van der Waals surface area (Å²) < 4.78 is 0. The summed E-state index contributed by atoms with van der Waals surface area (Å²) in [6.45, 7) is 29.1. The normalized spacial score (nSPS) is 7.00. The monoisotopic (exact) mass is 617 g/mol. The van der Waals surface area contributed by atoms with E-state index in [-0.39, 0.29) is 74.3 Å². The van der Waals surface area contributed by atoms with Crippen LogP contribution in [0.3, 0.4) is 0 Å². The fraction of sp³-hybridized carbons (Fsp3) is 0.857. The highest BCUT2D eigenvalue weighted by atomic mass is 14.0. The van der Waals surface area contributed by atoms with Gasteiger partial charge in [-0.05, 0) is 0 Å². The number of benzene rings is 1. The van der Waals surface area contributed by atoms with E-state index in [4.69, 9.17) is 0 Å². The maximum Gasteiger partial charge on any atom is -0.0533 e. The SMILES string of the molecule is C.C.C.C.C.C.C.C.C.C.C1CCCC1.CC.CC.CC.CC.CCC.CCCCC.CCCCC.c1ccccc1. The van der Waals surface area contributed by atoms with Crippen LogP contribution in [0.5, 0.6) is 0 Å². The summed E-state index contributed by atoms with van der Waals surface area (Å²) in [5, 5.41) is 0. The third-order valence-corrected chi connectivity index (χ3v) is 3.33. The molecule has 0 unspecified atom stereocenters. The van der Waals surface area contributed by atoms with Gasteiger partial charge in [-0.25, -0.2) is 0 Å². The molecule has 0 aromatic heterocycles. The van der Waals surface area contributed by atoms with Gasteiger partial charge in [0.05, 0.1) is 0 Å². The van der Waals surface area contributed by atoms with Crippen LogP contribution in [0.15, 0.2) is 36.4 Å². The molecule has 42 heavy (non-hydrogen) atoms. The fourth-order valence-electron chi connectivity index (χ4n) is 1.98. The first-order valence-corrected chi connectivity index (χ1v) is 14.7. The second-order valence-electron chi connectivity index (χ2n) is 6.34. The Hall–Kier alpha value is -0.780. The molecule has 0 bridgehead atoms. The van der Waals surface area contributed by atoms with E-state index in [1.807, 2.05) is 91.8 Å². The molecule has 1 aliphatic carbocycles. The molecular weight excluding hydrogens is 504 g/mol. The van der Waals surface area contributed by atoms with Gasteiger partial charge >= 0.3 is 0 Å². The highest BCUT2D eigenvalue weighted by Crippen LogP contribution is 2.15. The van der Waals surface area contributed by atoms with Gasteiger partial charge in [0, 0.05) is 0 Å². The molecule has 1 fully saturated rings. The van der Waals surface area contributed by atoms with E-state index in [1.54, 1.807) is 0 Å². The Labute approximate surface area is 284 Å². The number of hydrogen-bond acceptors (Lipinski definition) is 0. The van der Waals surface area contributed by atoms with Crippen LogP contribution in [0.4, 0.5) is 0 Å². The molecule has 1 saturated carbocycles. The van der Waals surface area contributed by atoms with Crippen molar-refractivity contribution in [2.24, 2.45) is 0 Å². The molecule has 280 valence electrons. The summed E-state index contributed by atoms with van der Waals surface area (Å²) in [6.07, 6.45) is 16.9. The molecule has 0 heteroatoms. The predicted octanol–water partition coefficient (Wildman–Crippen LogP) is 19.9. The van der Waals surface area contributed by atoms with Crippen LogP contribution in [0, 0.1) is 0 Å². The summed E-state index contributed by atoms with van der Waals surface area (Å²) in [5.41, 5.74) is 0. The van der Waals surface area contributed by atoms with Gasteiger partial charge in [-0.2, -0.15) is 0 Å². The maximum atomic E-state index is 2.21. The van der Waals surface area contributed by atoms with Crippen LogP contribution in [0.25, 0.3) is 0 Å². The van der Waals surface area contributed by atoms with Gasteiger partial charge in [0.2, 0.25) is 0 Å². The van der Waals surface area contributed by atoms with Crippen molar-refractivity contribution in [2.45, 2.75) is 248 Å². The molecule has 1 aromatic rings. The van der Waals surface area contributed by atoms with Crippen LogP contribution in [-0.2, 0) is 0 Å². The van der Waals surface area contributed by atoms with Crippen molar-refractivity contribution in [1.29, 1.82) is 0 Å². The lowest BCUT2D eigenvalue weighted by molar-refractivity contribution is 0.772. The Balaban J connectivity index is -0.0000000112. The lowest BCUT2D eigenvalue weighted by atomic mass is 10.3. The molecule has 1 aliphatic rings. The third-order valence-electron chi connectivity index (χ3n) is 3.33. The minimum Gasteiger partial charge on any atom is -0.0776 e. The van der Waals surface area contributed by atoms with E-state index in [2.05, 4.69) is 41.5 Å². The van der Waals surface area contributed by atoms with Crippen molar-refractivity contribution < 1.29 is 0 Å². The van der Waals surface area contributed by atoms with Crippen LogP contribution in [0.2, 0.25) is 0 Å². The topological polar surface area (TPSA) is 0 Å². The lowest BCUT2D eigenvalue weighted by Crippen LogP contribution is -1.59. The Morgan fingerprint density at radius 3 is 0.429 bits per heavy atom. The molecule has 0 radical (unpaired) electrons. The van der Waals surface area contributed by atoms with Gasteiger partial charge < -0.3 is 0 Å². The van der Waals surface area contributed by atoms with Crippen LogP contribution >= 0.6 is 0 Å². The van der Waals surface area contributed by atoms with E-state index in [9.17, 15) is 0 Å². The molecule has 0 amide bonds. The van der Waals surface area contributed by atoms with Crippen molar-refractivity contribution in [2.75, 3.05) is 0 Å². The van der Waals surface area contributed by atoms with Crippen LogP contribution in [0.1, 0.15) is 248 Å². The maximum absolute atomic E-state index is 2.21. The molecular formula is C42H112. The van der Waals surface area contributed by atoms with Gasteiger partial charge in [0.25, 0.3) is 0 Å². The number of unbranched alkanes of at least 4 members (excludes halogenated alkanes) is 4. The van der Waals surface area contributed by atoms with Gasteiger partial charge in [-0.3, -0.25) is 0 Å². The molecule has 0 N–H and O–H groups in total. The highest BCUT2D eigenvalue weighted by molar-refractivity contribution is 4.99. The average molecular weight is 617 g/mol. The molecule has 2 rings (SSSR count). The first-order valence-electron chi connectivity index (χ1n) is 14.7. The largest absolute Gasteiger partial charge is 0.0776 e. The van der Waals surface area contributed by atoms with E-state index < -0.39 is 0 Å². The second-order valence-corrected chi connectivity index (χ2v) is 6.34. The summed E-state index contributed by atoms with van der Waals surface area (Å²) in [6, 6.07) is 12.0. The van der Waals surface area contributed by atoms with Crippen molar-refractivity contribution in [1.82, 2.24) is 0 Å².